The number of benzene rings is 1. The highest BCUT2D eigenvalue weighted by Crippen LogP contribution is 2.25. The Bertz CT molecular complexity index is 951. The van der Waals surface area contributed by atoms with Crippen LogP contribution in [-0.2, 0) is 20.2 Å². The number of urea groups is 1. The molecule has 1 aromatic carbocycles. The van der Waals surface area contributed by atoms with Gasteiger partial charge < -0.3 is 19.9 Å². The van der Waals surface area contributed by atoms with E-state index in [1.807, 2.05) is 29.8 Å². The highest BCUT2D eigenvalue weighted by molar-refractivity contribution is 5.76. The summed E-state index contributed by atoms with van der Waals surface area (Å²) >= 11 is 0. The number of likely N-dealkylation sites (tertiary alicyclic amines) is 1. The largest absolute Gasteiger partial charge is 0.388 e. The first-order valence-electron chi connectivity index (χ1n) is 8.88. The molecule has 10 nitrogen and oxygen atoms in total. The lowest BCUT2D eigenvalue weighted by molar-refractivity contribution is 0.177. The van der Waals surface area contributed by atoms with Gasteiger partial charge in [0.05, 0.1) is 0 Å². The number of aliphatic hydroxyl groups is 1. The minimum atomic E-state index is -0.147. The minimum absolute atomic E-state index is 0.109. The summed E-state index contributed by atoms with van der Waals surface area (Å²) in [5.41, 5.74) is 2.29. The SMILES string of the molecule is Cn1c(CO)nnc1C1CCCN(C(=O)NCc2ccc3nonc3c2)C1. The second-order valence-corrected chi connectivity index (χ2v) is 6.72. The highest BCUT2D eigenvalue weighted by atomic mass is 16.6. The molecule has 4 rings (SSSR count). The van der Waals surface area contributed by atoms with Crippen LogP contribution >= 0.6 is 0 Å². The highest BCUT2D eigenvalue weighted by Gasteiger charge is 2.28. The van der Waals surface area contributed by atoms with Crippen LogP contribution in [0, 0.1) is 0 Å². The van der Waals surface area contributed by atoms with Gasteiger partial charge in [0.2, 0.25) is 0 Å². The molecule has 2 amide bonds. The van der Waals surface area contributed by atoms with Crippen LogP contribution in [0.3, 0.4) is 0 Å². The van der Waals surface area contributed by atoms with Crippen LogP contribution in [0.25, 0.3) is 11.0 Å². The van der Waals surface area contributed by atoms with Gasteiger partial charge in [0.15, 0.2) is 5.82 Å². The van der Waals surface area contributed by atoms with Crippen molar-refractivity contribution in [1.29, 1.82) is 0 Å². The molecule has 1 unspecified atom stereocenters. The molecule has 0 aliphatic carbocycles. The maximum absolute atomic E-state index is 12.6. The normalized spacial score (nSPS) is 17.4. The zero-order valence-corrected chi connectivity index (χ0v) is 15.0. The molecule has 0 bridgehead atoms. The van der Waals surface area contributed by atoms with Gasteiger partial charge in [-0.25, -0.2) is 9.42 Å². The van der Waals surface area contributed by atoms with Crippen LogP contribution < -0.4 is 5.32 Å². The number of carbonyl (C=O) groups excluding carboxylic acids is 1. The van der Waals surface area contributed by atoms with E-state index in [0.29, 0.717) is 36.5 Å². The van der Waals surface area contributed by atoms with Crippen molar-refractivity contribution in [2.75, 3.05) is 13.1 Å². The number of hydrogen-bond donors (Lipinski definition) is 2. The van der Waals surface area contributed by atoms with Crippen molar-refractivity contribution in [3.8, 4) is 0 Å². The Kier molecular flexibility index (Phi) is 4.71. The number of nitrogens with zero attached hydrogens (tertiary/aromatic N) is 6. The quantitative estimate of drug-likeness (QED) is 0.699. The number of carbonyl (C=O) groups is 1. The molecule has 2 aromatic heterocycles. The standard InChI is InChI=1S/C17H21N7O3/c1-23-15(10-25)19-20-16(23)12-3-2-6-24(9-12)17(26)18-8-11-4-5-13-14(7-11)22-27-21-13/h4-5,7,12,25H,2-3,6,8-10H2,1H3,(H,18,26). The van der Waals surface area contributed by atoms with Crippen LogP contribution in [0.1, 0.15) is 36.0 Å². The molecule has 3 heterocycles. The van der Waals surface area contributed by atoms with Gasteiger partial charge in [-0.05, 0) is 40.9 Å². The van der Waals surface area contributed by atoms with E-state index in [9.17, 15) is 9.90 Å². The summed E-state index contributed by atoms with van der Waals surface area (Å²) in [7, 11) is 1.84. The number of rotatable bonds is 4. The second kappa shape index (κ2) is 7.31. The van der Waals surface area contributed by atoms with E-state index in [0.717, 1.165) is 24.2 Å². The number of fused-ring (bicyclic) bond motifs is 1. The van der Waals surface area contributed by atoms with Gasteiger partial charge in [-0.15, -0.1) is 10.2 Å². The lowest BCUT2D eigenvalue weighted by Gasteiger charge is -2.32. The number of piperidine rings is 1. The molecule has 0 radical (unpaired) electrons. The van der Waals surface area contributed by atoms with Crippen molar-refractivity contribution in [2.24, 2.45) is 7.05 Å². The topological polar surface area (TPSA) is 122 Å². The fraction of sp³-hybridized carbons (Fsp3) is 0.471. The molecule has 142 valence electrons. The molecule has 0 spiro atoms. The zero-order valence-electron chi connectivity index (χ0n) is 15.0. The Morgan fingerprint density at radius 1 is 1.33 bits per heavy atom. The number of nitrogens with one attached hydrogen (secondary N) is 1. The molecule has 1 atom stereocenters. The van der Waals surface area contributed by atoms with Crippen LogP contribution in [0.5, 0.6) is 0 Å². The lowest BCUT2D eigenvalue weighted by Crippen LogP contribution is -2.45. The first-order chi connectivity index (χ1) is 13.2. The van der Waals surface area contributed by atoms with Crippen LogP contribution in [0.15, 0.2) is 22.8 Å². The van der Waals surface area contributed by atoms with Gasteiger partial charge in [-0.3, -0.25) is 0 Å². The van der Waals surface area contributed by atoms with Gasteiger partial charge in [0, 0.05) is 32.6 Å². The van der Waals surface area contributed by atoms with Crippen molar-refractivity contribution in [3.63, 3.8) is 0 Å². The Morgan fingerprint density at radius 2 is 2.19 bits per heavy atom. The van der Waals surface area contributed by atoms with Gasteiger partial charge in [0.1, 0.15) is 23.5 Å². The third-order valence-corrected chi connectivity index (χ3v) is 4.98. The van der Waals surface area contributed by atoms with Crippen molar-refractivity contribution < 1.29 is 14.5 Å². The first-order valence-corrected chi connectivity index (χ1v) is 8.88. The van der Waals surface area contributed by atoms with Gasteiger partial charge in [-0.1, -0.05) is 6.07 Å². The lowest BCUT2D eigenvalue weighted by atomic mass is 9.97. The van der Waals surface area contributed by atoms with Crippen LogP contribution in [-0.4, -0.2) is 54.2 Å². The average Bonchev–Trinajstić information content (AvgIpc) is 3.31. The van der Waals surface area contributed by atoms with E-state index in [4.69, 9.17) is 0 Å². The molecular weight excluding hydrogens is 350 g/mol. The van der Waals surface area contributed by atoms with Crippen molar-refractivity contribution >= 4 is 17.1 Å². The number of aromatic nitrogens is 5. The van der Waals surface area contributed by atoms with Crippen LogP contribution in [0.2, 0.25) is 0 Å². The average molecular weight is 371 g/mol. The predicted octanol–water partition coefficient (Wildman–Crippen LogP) is 0.933. The Morgan fingerprint density at radius 3 is 3.00 bits per heavy atom. The second-order valence-electron chi connectivity index (χ2n) is 6.72. The van der Waals surface area contributed by atoms with Crippen molar-refractivity contribution in [3.05, 3.63) is 35.4 Å². The molecule has 1 aliphatic heterocycles. The molecular formula is C17H21N7O3. The number of aliphatic hydroxyl groups excluding tert-OH is 1. The molecule has 1 saturated heterocycles. The zero-order chi connectivity index (χ0) is 18.8. The van der Waals surface area contributed by atoms with Crippen molar-refractivity contribution in [1.82, 2.24) is 35.3 Å². The van der Waals surface area contributed by atoms with E-state index in [1.54, 1.807) is 4.90 Å². The summed E-state index contributed by atoms with van der Waals surface area (Å²) in [6, 6.07) is 5.45. The first kappa shape index (κ1) is 17.4. The van der Waals surface area contributed by atoms with E-state index >= 15 is 0 Å². The maximum Gasteiger partial charge on any atom is 0.317 e. The molecule has 27 heavy (non-hydrogen) atoms. The molecule has 0 saturated carbocycles. The van der Waals surface area contributed by atoms with E-state index < -0.39 is 0 Å². The minimum Gasteiger partial charge on any atom is -0.388 e. The summed E-state index contributed by atoms with van der Waals surface area (Å²) in [6.07, 6.45) is 1.84. The Balaban J connectivity index is 1.38. The van der Waals surface area contributed by atoms with E-state index in [2.05, 4.69) is 30.5 Å². The Labute approximate surface area is 155 Å². The van der Waals surface area contributed by atoms with Crippen LogP contribution in [0.4, 0.5) is 4.79 Å². The summed E-state index contributed by atoms with van der Waals surface area (Å²) < 4.78 is 6.50. The van der Waals surface area contributed by atoms with Gasteiger partial charge in [-0.2, -0.15) is 0 Å². The molecule has 1 fully saturated rings. The molecule has 2 N–H and O–H groups in total. The van der Waals surface area contributed by atoms with Gasteiger partial charge in [0.25, 0.3) is 0 Å². The van der Waals surface area contributed by atoms with E-state index in [-0.39, 0.29) is 18.6 Å². The fourth-order valence-electron chi connectivity index (χ4n) is 3.47. The predicted molar refractivity (Wildman–Crippen MR) is 94.5 cm³/mol. The number of amides is 2. The van der Waals surface area contributed by atoms with Gasteiger partial charge >= 0.3 is 6.03 Å². The smallest absolute Gasteiger partial charge is 0.317 e. The number of hydrogen-bond acceptors (Lipinski definition) is 7. The molecule has 10 heteroatoms. The third-order valence-electron chi connectivity index (χ3n) is 4.98. The maximum atomic E-state index is 12.6. The van der Waals surface area contributed by atoms with Crippen molar-refractivity contribution in [2.45, 2.75) is 31.9 Å². The van der Waals surface area contributed by atoms with E-state index in [1.165, 1.54) is 0 Å². The summed E-state index contributed by atoms with van der Waals surface area (Å²) in [6.45, 7) is 1.54. The summed E-state index contributed by atoms with van der Waals surface area (Å²) in [4.78, 5) is 14.4. The molecule has 1 aliphatic rings. The summed E-state index contributed by atoms with van der Waals surface area (Å²) in [5.74, 6) is 1.45. The third kappa shape index (κ3) is 3.47. The monoisotopic (exact) mass is 371 g/mol. The molecule has 3 aromatic rings. The summed E-state index contributed by atoms with van der Waals surface area (Å²) in [5, 5.41) is 28.0. The Hall–Kier alpha value is -3.01. The fourth-order valence-corrected chi connectivity index (χ4v) is 3.47.